The number of ether oxygens (including phenoxy) is 1. The fraction of sp³-hybridized carbons (Fsp3) is 0.111. The van der Waals surface area contributed by atoms with Gasteiger partial charge in [0.1, 0.15) is 34.7 Å². The molecule has 1 aromatic carbocycles. The van der Waals surface area contributed by atoms with E-state index in [1.165, 1.54) is 6.33 Å². The van der Waals surface area contributed by atoms with Crippen molar-refractivity contribution in [1.82, 2.24) is 15.0 Å². The maximum atomic E-state index is 5.91. The molecule has 0 bridgehead atoms. The van der Waals surface area contributed by atoms with Crippen molar-refractivity contribution in [1.29, 1.82) is 0 Å². The van der Waals surface area contributed by atoms with E-state index in [0.29, 0.717) is 29.2 Å². The van der Waals surface area contributed by atoms with Gasteiger partial charge in [-0.3, -0.25) is 4.99 Å². The van der Waals surface area contributed by atoms with Crippen LogP contribution in [0, 0.1) is 0 Å². The molecule has 0 saturated heterocycles. The van der Waals surface area contributed by atoms with Crippen LogP contribution < -0.4 is 15.4 Å². The highest BCUT2D eigenvalue weighted by atomic mass is 35.5. The number of nitrogens with zero attached hydrogens (tertiary/aromatic N) is 4. The molecule has 8 heteroatoms. The Balaban J connectivity index is 1.58. The van der Waals surface area contributed by atoms with Crippen LogP contribution >= 0.6 is 11.6 Å². The highest BCUT2D eigenvalue weighted by Crippen LogP contribution is 2.32. The van der Waals surface area contributed by atoms with E-state index < -0.39 is 0 Å². The highest BCUT2D eigenvalue weighted by Gasteiger charge is 2.13. The number of rotatable bonds is 5. The molecule has 26 heavy (non-hydrogen) atoms. The second kappa shape index (κ2) is 6.97. The zero-order valence-electron chi connectivity index (χ0n) is 13.9. The van der Waals surface area contributed by atoms with Gasteiger partial charge < -0.3 is 15.4 Å². The quantitative estimate of drug-likeness (QED) is 0.665. The molecule has 0 fully saturated rings. The molecule has 2 aromatic heterocycles. The summed E-state index contributed by atoms with van der Waals surface area (Å²) in [6, 6.07) is 11.1. The average Bonchev–Trinajstić information content (AvgIpc) is 3.08. The zero-order valence-corrected chi connectivity index (χ0v) is 14.7. The minimum atomic E-state index is 0.409. The molecule has 2 N–H and O–H groups in total. The molecule has 0 spiro atoms. The van der Waals surface area contributed by atoms with E-state index in [1.807, 2.05) is 30.5 Å². The maximum absolute atomic E-state index is 5.91. The summed E-state index contributed by atoms with van der Waals surface area (Å²) in [6.45, 7) is 0.681. The fourth-order valence-corrected chi connectivity index (χ4v) is 2.81. The second-order valence-corrected chi connectivity index (χ2v) is 5.99. The van der Waals surface area contributed by atoms with Crippen molar-refractivity contribution >= 4 is 41.0 Å². The summed E-state index contributed by atoms with van der Waals surface area (Å²) in [6.07, 6.45) is 3.33. The second-order valence-electron chi connectivity index (χ2n) is 5.61. The molecule has 0 unspecified atom stereocenters. The lowest BCUT2D eigenvalue weighted by Crippen LogP contribution is -2.01. The topological polar surface area (TPSA) is 84.3 Å². The summed E-state index contributed by atoms with van der Waals surface area (Å²) in [5, 5.41) is 6.78. The van der Waals surface area contributed by atoms with Crippen LogP contribution in [0.15, 0.2) is 47.7 Å². The van der Waals surface area contributed by atoms with E-state index in [2.05, 4.69) is 30.6 Å². The van der Waals surface area contributed by atoms with Gasteiger partial charge in [0.25, 0.3) is 0 Å². The molecule has 3 aromatic rings. The van der Waals surface area contributed by atoms with Crippen LogP contribution in [0.25, 0.3) is 0 Å². The van der Waals surface area contributed by atoms with Crippen LogP contribution in [0.1, 0.15) is 11.1 Å². The summed E-state index contributed by atoms with van der Waals surface area (Å²) in [4.78, 5) is 16.9. The predicted molar refractivity (Wildman–Crippen MR) is 102 cm³/mol. The lowest BCUT2D eigenvalue weighted by molar-refractivity contribution is 0.416. The monoisotopic (exact) mass is 366 g/mol. The van der Waals surface area contributed by atoms with E-state index in [1.54, 1.807) is 19.2 Å². The smallest absolute Gasteiger partial charge is 0.142 e. The average molecular weight is 367 g/mol. The number of aromatic nitrogens is 3. The van der Waals surface area contributed by atoms with E-state index in [9.17, 15) is 0 Å². The van der Waals surface area contributed by atoms with Crippen molar-refractivity contribution in [2.45, 2.75) is 6.54 Å². The summed E-state index contributed by atoms with van der Waals surface area (Å²) >= 11 is 5.91. The highest BCUT2D eigenvalue weighted by molar-refractivity contribution is 6.29. The predicted octanol–water partition coefficient (Wildman–Crippen LogP) is 3.95. The SMILES string of the molecule is COc1cc2c(cc1Nc1cc(Nc3cccc(Cl)n3)ncn1)C=NC2. The van der Waals surface area contributed by atoms with Gasteiger partial charge >= 0.3 is 0 Å². The first-order valence-corrected chi connectivity index (χ1v) is 8.28. The third-order valence-corrected chi connectivity index (χ3v) is 4.06. The molecule has 4 rings (SSSR count). The molecule has 0 saturated carbocycles. The summed E-state index contributed by atoms with van der Waals surface area (Å²) in [5.74, 6) is 2.56. The van der Waals surface area contributed by atoms with E-state index in [-0.39, 0.29) is 0 Å². The zero-order chi connectivity index (χ0) is 17.9. The van der Waals surface area contributed by atoms with Crippen molar-refractivity contribution in [3.05, 3.63) is 59.0 Å². The number of anilines is 4. The Morgan fingerprint density at radius 3 is 2.69 bits per heavy atom. The molecule has 0 atom stereocenters. The van der Waals surface area contributed by atoms with E-state index in [4.69, 9.17) is 16.3 Å². The van der Waals surface area contributed by atoms with Crippen LogP contribution in [-0.4, -0.2) is 28.3 Å². The fourth-order valence-electron chi connectivity index (χ4n) is 2.65. The van der Waals surface area contributed by atoms with Crippen LogP contribution in [-0.2, 0) is 6.54 Å². The lowest BCUT2D eigenvalue weighted by Gasteiger charge is -2.13. The number of hydrogen-bond donors (Lipinski definition) is 2. The number of pyridine rings is 1. The Labute approximate surface area is 155 Å². The van der Waals surface area contributed by atoms with Gasteiger partial charge in [-0.05, 0) is 35.4 Å². The largest absolute Gasteiger partial charge is 0.495 e. The van der Waals surface area contributed by atoms with Gasteiger partial charge in [-0.2, -0.15) is 0 Å². The number of aliphatic imine (C=N–C) groups is 1. The minimum absolute atomic E-state index is 0.409. The first-order valence-electron chi connectivity index (χ1n) is 7.90. The number of fused-ring (bicyclic) bond motifs is 1. The number of benzene rings is 1. The molecule has 0 aliphatic carbocycles. The third-order valence-electron chi connectivity index (χ3n) is 3.85. The number of methoxy groups -OCH3 is 1. The Morgan fingerprint density at radius 1 is 1.04 bits per heavy atom. The van der Waals surface area contributed by atoms with Crippen molar-refractivity contribution < 1.29 is 4.74 Å². The molecule has 1 aliphatic rings. The lowest BCUT2D eigenvalue weighted by atomic mass is 10.1. The minimum Gasteiger partial charge on any atom is -0.495 e. The molecule has 0 amide bonds. The van der Waals surface area contributed by atoms with Crippen molar-refractivity contribution in [3.8, 4) is 5.75 Å². The van der Waals surface area contributed by atoms with Crippen LogP contribution in [0.3, 0.4) is 0 Å². The van der Waals surface area contributed by atoms with Crippen LogP contribution in [0.5, 0.6) is 5.75 Å². The Kier molecular flexibility index (Phi) is 4.37. The normalized spacial score (nSPS) is 11.9. The number of nitrogens with one attached hydrogen (secondary N) is 2. The number of halogens is 1. The molecule has 3 heterocycles. The van der Waals surface area contributed by atoms with Gasteiger partial charge in [0.05, 0.1) is 19.3 Å². The summed E-state index contributed by atoms with van der Waals surface area (Å²) in [7, 11) is 1.64. The first kappa shape index (κ1) is 16.3. The van der Waals surface area contributed by atoms with Crippen molar-refractivity contribution in [3.63, 3.8) is 0 Å². The van der Waals surface area contributed by atoms with Gasteiger partial charge in [-0.15, -0.1) is 0 Å². The van der Waals surface area contributed by atoms with Gasteiger partial charge in [0.15, 0.2) is 0 Å². The van der Waals surface area contributed by atoms with Crippen molar-refractivity contribution in [2.24, 2.45) is 4.99 Å². The Morgan fingerprint density at radius 2 is 1.88 bits per heavy atom. The van der Waals surface area contributed by atoms with Crippen LogP contribution in [0.2, 0.25) is 5.15 Å². The molecule has 130 valence electrons. The summed E-state index contributed by atoms with van der Waals surface area (Å²) < 4.78 is 5.48. The van der Waals surface area contributed by atoms with E-state index in [0.717, 1.165) is 22.6 Å². The molecule has 7 nitrogen and oxygen atoms in total. The third kappa shape index (κ3) is 3.43. The molecule has 0 radical (unpaired) electrons. The maximum Gasteiger partial charge on any atom is 0.142 e. The van der Waals surface area contributed by atoms with Crippen LogP contribution in [0.4, 0.5) is 23.1 Å². The Bertz CT molecular complexity index is 991. The van der Waals surface area contributed by atoms with Gasteiger partial charge in [0.2, 0.25) is 0 Å². The molecular formula is C18H15ClN6O. The van der Waals surface area contributed by atoms with Crippen molar-refractivity contribution in [2.75, 3.05) is 17.7 Å². The van der Waals surface area contributed by atoms with Gasteiger partial charge in [0, 0.05) is 12.3 Å². The van der Waals surface area contributed by atoms with E-state index >= 15 is 0 Å². The molecular weight excluding hydrogens is 352 g/mol. The standard InChI is InChI=1S/C18H15ClN6O/c1-26-14-6-12-9-20-8-11(12)5-13(14)23-17-7-18(22-10-21-17)25-16-4-2-3-15(19)24-16/h2-8,10H,9H2,1H3,(H2,21,22,23,24,25). The van der Waals surface area contributed by atoms with Gasteiger partial charge in [-0.25, -0.2) is 15.0 Å². The van der Waals surface area contributed by atoms with Gasteiger partial charge in [-0.1, -0.05) is 17.7 Å². The number of hydrogen-bond acceptors (Lipinski definition) is 7. The summed E-state index contributed by atoms with van der Waals surface area (Å²) in [5.41, 5.74) is 3.03. The Hall–Kier alpha value is -3.19. The first-order chi connectivity index (χ1) is 12.7. The molecule has 1 aliphatic heterocycles.